The third kappa shape index (κ3) is 2.11. The predicted molar refractivity (Wildman–Crippen MR) is 52.6 cm³/mol. The molecule has 1 aliphatic heterocycles. The molecule has 3 atom stereocenters. The summed E-state index contributed by atoms with van der Waals surface area (Å²) in [5.74, 6) is 0. The van der Waals surface area contributed by atoms with Gasteiger partial charge in [0.25, 0.3) is 0 Å². The second-order valence-electron chi connectivity index (χ2n) is 4.25. The fourth-order valence-electron chi connectivity index (χ4n) is 2.25. The van der Waals surface area contributed by atoms with E-state index in [9.17, 15) is 4.79 Å². The van der Waals surface area contributed by atoms with Crippen LogP contribution in [0.25, 0.3) is 0 Å². The van der Waals surface area contributed by atoms with Gasteiger partial charge in [-0.2, -0.15) is 0 Å². The maximum absolute atomic E-state index is 11.1. The first kappa shape index (κ1) is 10.7. The van der Waals surface area contributed by atoms with Crippen molar-refractivity contribution in [3.63, 3.8) is 0 Å². The van der Waals surface area contributed by atoms with Gasteiger partial charge < -0.3 is 9.53 Å². The summed E-state index contributed by atoms with van der Waals surface area (Å²) in [5.41, 5.74) is -0.185. The minimum atomic E-state index is -0.185. The van der Waals surface area contributed by atoms with Crippen molar-refractivity contribution in [2.75, 3.05) is 0 Å². The Kier molecular flexibility index (Phi) is 3.48. The lowest BCUT2D eigenvalue weighted by Crippen LogP contribution is -2.30. The minimum Gasteiger partial charge on any atom is -0.374 e. The lowest BCUT2D eigenvalue weighted by atomic mass is 9.78. The largest absolute Gasteiger partial charge is 0.374 e. The molecule has 0 saturated carbocycles. The van der Waals surface area contributed by atoms with Crippen molar-refractivity contribution >= 4 is 6.29 Å². The molecule has 76 valence electrons. The first-order valence-electron chi connectivity index (χ1n) is 5.26. The normalized spacial score (nSPS) is 39.3. The first-order chi connectivity index (χ1) is 6.14. The Morgan fingerprint density at radius 1 is 1.54 bits per heavy atom. The standard InChI is InChI=1S/C11H20O2/c1-4-5-6-11(8-12)7-9(2)13-10(11)3/h8-10H,4-7H2,1-3H3. The SMILES string of the molecule is CCCCC1(C=O)CC(C)OC1C. The minimum absolute atomic E-state index is 0.103. The molecule has 2 nitrogen and oxygen atoms in total. The van der Waals surface area contributed by atoms with Crippen molar-refractivity contribution in [3.8, 4) is 0 Å². The van der Waals surface area contributed by atoms with Crippen LogP contribution >= 0.6 is 0 Å². The molecule has 0 amide bonds. The Labute approximate surface area is 80.7 Å². The van der Waals surface area contributed by atoms with Gasteiger partial charge in [-0.05, 0) is 26.7 Å². The molecule has 1 saturated heterocycles. The Hall–Kier alpha value is -0.370. The number of unbranched alkanes of at least 4 members (excludes halogenated alkanes) is 1. The highest BCUT2D eigenvalue weighted by Gasteiger charge is 2.43. The highest BCUT2D eigenvalue weighted by Crippen LogP contribution is 2.40. The second-order valence-corrected chi connectivity index (χ2v) is 4.25. The van der Waals surface area contributed by atoms with Gasteiger partial charge in [-0.25, -0.2) is 0 Å². The average Bonchev–Trinajstić information content (AvgIpc) is 2.38. The molecule has 1 heterocycles. The van der Waals surface area contributed by atoms with Crippen molar-refractivity contribution in [2.45, 2.75) is 58.7 Å². The third-order valence-corrected chi connectivity index (χ3v) is 3.14. The van der Waals surface area contributed by atoms with E-state index in [1.807, 2.05) is 13.8 Å². The van der Waals surface area contributed by atoms with E-state index in [0.29, 0.717) is 0 Å². The molecule has 0 N–H and O–H groups in total. The van der Waals surface area contributed by atoms with Crippen LogP contribution in [0.2, 0.25) is 0 Å². The van der Waals surface area contributed by atoms with Crippen molar-refractivity contribution < 1.29 is 9.53 Å². The first-order valence-corrected chi connectivity index (χ1v) is 5.26. The molecule has 1 aliphatic rings. The lowest BCUT2D eigenvalue weighted by Gasteiger charge is -2.25. The number of rotatable bonds is 4. The van der Waals surface area contributed by atoms with E-state index in [-0.39, 0.29) is 17.6 Å². The molecule has 0 bridgehead atoms. The summed E-state index contributed by atoms with van der Waals surface area (Å²) in [6.07, 6.45) is 5.63. The van der Waals surface area contributed by atoms with Crippen LogP contribution in [-0.2, 0) is 9.53 Å². The number of carbonyl (C=O) groups is 1. The molecule has 0 aromatic heterocycles. The van der Waals surface area contributed by atoms with E-state index < -0.39 is 0 Å². The van der Waals surface area contributed by atoms with E-state index in [1.165, 1.54) is 0 Å². The van der Waals surface area contributed by atoms with E-state index in [2.05, 4.69) is 6.92 Å². The zero-order chi connectivity index (χ0) is 9.90. The number of aldehydes is 1. The molecular weight excluding hydrogens is 164 g/mol. The van der Waals surface area contributed by atoms with E-state index in [1.54, 1.807) is 0 Å². The van der Waals surface area contributed by atoms with Crippen LogP contribution in [0.15, 0.2) is 0 Å². The van der Waals surface area contributed by atoms with Crippen LogP contribution in [0.3, 0.4) is 0 Å². The van der Waals surface area contributed by atoms with Crippen LogP contribution in [-0.4, -0.2) is 18.5 Å². The highest BCUT2D eigenvalue weighted by atomic mass is 16.5. The van der Waals surface area contributed by atoms with Crippen LogP contribution < -0.4 is 0 Å². The monoisotopic (exact) mass is 184 g/mol. The van der Waals surface area contributed by atoms with Crippen molar-refractivity contribution in [1.29, 1.82) is 0 Å². The van der Waals surface area contributed by atoms with Crippen LogP contribution in [0.4, 0.5) is 0 Å². The van der Waals surface area contributed by atoms with Gasteiger partial charge in [0.15, 0.2) is 0 Å². The van der Waals surface area contributed by atoms with Gasteiger partial charge in [-0.15, -0.1) is 0 Å². The predicted octanol–water partition coefficient (Wildman–Crippen LogP) is 2.56. The smallest absolute Gasteiger partial charge is 0.128 e. The molecule has 1 fully saturated rings. The zero-order valence-electron chi connectivity index (χ0n) is 8.88. The fraction of sp³-hybridized carbons (Fsp3) is 0.909. The number of ether oxygens (including phenoxy) is 1. The van der Waals surface area contributed by atoms with Gasteiger partial charge in [0.05, 0.1) is 17.6 Å². The zero-order valence-corrected chi connectivity index (χ0v) is 8.88. The average molecular weight is 184 g/mol. The van der Waals surface area contributed by atoms with Crippen molar-refractivity contribution in [1.82, 2.24) is 0 Å². The molecular formula is C11H20O2. The van der Waals surface area contributed by atoms with E-state index >= 15 is 0 Å². The van der Waals surface area contributed by atoms with E-state index in [4.69, 9.17) is 4.74 Å². The third-order valence-electron chi connectivity index (χ3n) is 3.14. The molecule has 0 aromatic rings. The maximum Gasteiger partial charge on any atom is 0.128 e. The molecule has 2 heteroatoms. The summed E-state index contributed by atoms with van der Waals surface area (Å²) in [6, 6.07) is 0. The summed E-state index contributed by atoms with van der Waals surface area (Å²) in [4.78, 5) is 11.1. The summed E-state index contributed by atoms with van der Waals surface area (Å²) >= 11 is 0. The van der Waals surface area contributed by atoms with Gasteiger partial charge in [-0.1, -0.05) is 19.8 Å². The molecule has 0 aliphatic carbocycles. The fourth-order valence-corrected chi connectivity index (χ4v) is 2.25. The van der Waals surface area contributed by atoms with Crippen LogP contribution in [0.5, 0.6) is 0 Å². The van der Waals surface area contributed by atoms with E-state index in [0.717, 1.165) is 32.0 Å². The van der Waals surface area contributed by atoms with Gasteiger partial charge in [0.1, 0.15) is 6.29 Å². The molecule has 1 rings (SSSR count). The highest BCUT2D eigenvalue weighted by molar-refractivity contribution is 5.61. The topological polar surface area (TPSA) is 26.3 Å². The summed E-state index contributed by atoms with van der Waals surface area (Å²) in [5, 5.41) is 0. The van der Waals surface area contributed by atoms with Gasteiger partial charge >= 0.3 is 0 Å². The summed E-state index contributed by atoms with van der Waals surface area (Å²) in [7, 11) is 0. The summed E-state index contributed by atoms with van der Waals surface area (Å²) in [6.45, 7) is 6.23. The van der Waals surface area contributed by atoms with Gasteiger partial charge in [0.2, 0.25) is 0 Å². The molecule has 13 heavy (non-hydrogen) atoms. The maximum atomic E-state index is 11.1. The van der Waals surface area contributed by atoms with Crippen molar-refractivity contribution in [3.05, 3.63) is 0 Å². The summed E-state index contributed by atoms with van der Waals surface area (Å²) < 4.78 is 5.63. The van der Waals surface area contributed by atoms with Gasteiger partial charge in [-0.3, -0.25) is 0 Å². The van der Waals surface area contributed by atoms with Gasteiger partial charge in [0, 0.05) is 0 Å². The van der Waals surface area contributed by atoms with Crippen molar-refractivity contribution in [2.24, 2.45) is 5.41 Å². The molecule has 0 radical (unpaired) electrons. The molecule has 3 unspecified atom stereocenters. The second kappa shape index (κ2) is 4.23. The quantitative estimate of drug-likeness (QED) is 0.628. The molecule has 0 aromatic carbocycles. The Balaban J connectivity index is 2.63. The Morgan fingerprint density at radius 3 is 2.62 bits per heavy atom. The molecule has 0 spiro atoms. The van der Waals surface area contributed by atoms with Crippen LogP contribution in [0.1, 0.15) is 46.5 Å². The number of hydrogen-bond donors (Lipinski definition) is 0. The number of carbonyl (C=O) groups excluding carboxylic acids is 1. The Morgan fingerprint density at radius 2 is 2.23 bits per heavy atom. The lowest BCUT2D eigenvalue weighted by molar-refractivity contribution is -0.119. The van der Waals surface area contributed by atoms with Crippen LogP contribution in [0, 0.1) is 5.41 Å². The number of hydrogen-bond acceptors (Lipinski definition) is 2. The Bertz CT molecular complexity index is 179.